The molecule has 226 valence electrons. The predicted molar refractivity (Wildman–Crippen MR) is 177 cm³/mol. The summed E-state index contributed by atoms with van der Waals surface area (Å²) in [6.07, 6.45) is 5.44. The first-order chi connectivity index (χ1) is 21.4. The summed E-state index contributed by atoms with van der Waals surface area (Å²) in [6, 6.07) is 19.9. The number of piperazine rings is 1. The number of anilines is 1. The molecule has 1 amide bonds. The van der Waals surface area contributed by atoms with Gasteiger partial charge in [0, 0.05) is 72.9 Å². The van der Waals surface area contributed by atoms with E-state index >= 15 is 0 Å². The Balaban J connectivity index is 1.13. The summed E-state index contributed by atoms with van der Waals surface area (Å²) in [5, 5.41) is 7.00. The fraction of sp³-hybridized carbons (Fsp3) is 0.286. The molecule has 3 aromatic rings. The van der Waals surface area contributed by atoms with Crippen LogP contribution in [0.3, 0.4) is 0 Å². The predicted octanol–water partition coefficient (Wildman–Crippen LogP) is 5.88. The Morgan fingerprint density at radius 1 is 0.977 bits per heavy atom. The molecule has 0 radical (unpaired) electrons. The highest BCUT2D eigenvalue weighted by molar-refractivity contribution is 6.31. The van der Waals surface area contributed by atoms with E-state index in [9.17, 15) is 9.18 Å². The zero-order valence-corrected chi connectivity index (χ0v) is 25.6. The Labute approximate surface area is 262 Å². The molecule has 2 N–H and O–H groups in total. The lowest BCUT2D eigenvalue weighted by molar-refractivity contribution is 0.0941. The molecule has 3 aliphatic heterocycles. The molecule has 0 aliphatic carbocycles. The minimum absolute atomic E-state index is 0.0708. The van der Waals surface area contributed by atoms with Gasteiger partial charge in [0.05, 0.1) is 12.3 Å². The van der Waals surface area contributed by atoms with E-state index in [0.717, 1.165) is 79.3 Å². The first kappa shape index (κ1) is 29.9. The van der Waals surface area contributed by atoms with E-state index in [-0.39, 0.29) is 11.7 Å². The van der Waals surface area contributed by atoms with Gasteiger partial charge in [-0.2, -0.15) is 0 Å². The van der Waals surface area contributed by atoms with Gasteiger partial charge in [-0.25, -0.2) is 9.38 Å². The minimum Gasteiger partial charge on any atom is -0.351 e. The molecule has 7 nitrogen and oxygen atoms in total. The molecule has 3 heterocycles. The van der Waals surface area contributed by atoms with Crippen molar-refractivity contribution in [1.82, 2.24) is 15.1 Å². The molecule has 1 fully saturated rings. The standard InChI is InChI=1S/C35H36ClFN6O/c1-42-17-19-43(20-18-42)16-15-38-35(44)24-9-12-27(13-10-24)41-33-8-4-6-28-25(22-39-33)23-40-34(30-5-2-3-7-32(30)37)31-21-26(36)11-14-29(28)31/h2-3,5,7-14,21-22,41H,4,6,15-20,23H2,1H3,(H,38,44). The molecule has 0 atom stereocenters. The van der Waals surface area contributed by atoms with Crippen molar-refractivity contribution >= 4 is 40.7 Å². The normalized spacial score (nSPS) is 17.4. The molecule has 0 bridgehead atoms. The van der Waals surface area contributed by atoms with Crippen LogP contribution in [0.4, 0.5) is 10.1 Å². The molecule has 44 heavy (non-hydrogen) atoms. The van der Waals surface area contributed by atoms with Gasteiger partial charge in [-0.1, -0.05) is 29.8 Å². The number of amides is 1. The highest BCUT2D eigenvalue weighted by Crippen LogP contribution is 2.34. The SMILES string of the molecule is CN1CCN(CCNC(=O)c2ccc(NC3=CCCC4=C(C=N3)CN=C(c3ccccc3F)c3cc(Cl)ccc34)cc2)CC1. The molecule has 6 rings (SSSR count). The molecule has 3 aromatic carbocycles. The third kappa shape index (κ3) is 6.99. The molecular weight excluding hydrogens is 575 g/mol. The van der Waals surface area contributed by atoms with Crippen molar-refractivity contribution in [3.05, 3.63) is 117 Å². The van der Waals surface area contributed by atoms with Gasteiger partial charge in [-0.05, 0) is 91.2 Å². The molecule has 0 saturated carbocycles. The van der Waals surface area contributed by atoms with Gasteiger partial charge < -0.3 is 15.5 Å². The second kappa shape index (κ2) is 13.7. The van der Waals surface area contributed by atoms with E-state index in [1.54, 1.807) is 12.1 Å². The number of nitrogens with zero attached hydrogens (tertiary/aromatic N) is 4. The molecule has 0 unspecified atom stereocenters. The van der Waals surface area contributed by atoms with Crippen molar-refractivity contribution < 1.29 is 9.18 Å². The van der Waals surface area contributed by atoms with Crippen molar-refractivity contribution in [3.8, 4) is 0 Å². The van der Waals surface area contributed by atoms with Gasteiger partial charge in [0.15, 0.2) is 0 Å². The third-order valence-corrected chi connectivity index (χ3v) is 8.54. The van der Waals surface area contributed by atoms with Gasteiger partial charge in [-0.15, -0.1) is 0 Å². The maximum absolute atomic E-state index is 14.9. The smallest absolute Gasteiger partial charge is 0.251 e. The monoisotopic (exact) mass is 610 g/mol. The van der Waals surface area contributed by atoms with Gasteiger partial charge >= 0.3 is 0 Å². The van der Waals surface area contributed by atoms with Crippen molar-refractivity contribution in [2.45, 2.75) is 12.8 Å². The summed E-state index contributed by atoms with van der Waals surface area (Å²) in [5.41, 5.74) is 6.46. The first-order valence-corrected chi connectivity index (χ1v) is 15.4. The van der Waals surface area contributed by atoms with E-state index in [0.29, 0.717) is 35.0 Å². The van der Waals surface area contributed by atoms with E-state index in [1.165, 1.54) is 6.07 Å². The number of allylic oxidation sites excluding steroid dienone is 2. The molecule has 1 saturated heterocycles. The number of nitrogens with one attached hydrogen (secondary N) is 2. The largest absolute Gasteiger partial charge is 0.351 e. The minimum atomic E-state index is -0.317. The van der Waals surface area contributed by atoms with Gasteiger partial charge in [0.1, 0.15) is 11.6 Å². The average Bonchev–Trinajstić information content (AvgIpc) is 3.16. The fourth-order valence-electron chi connectivity index (χ4n) is 5.78. The Morgan fingerprint density at radius 3 is 2.57 bits per heavy atom. The van der Waals surface area contributed by atoms with Crippen molar-refractivity contribution in [2.24, 2.45) is 9.98 Å². The maximum atomic E-state index is 14.9. The summed E-state index contributed by atoms with van der Waals surface area (Å²) in [4.78, 5) is 27.0. The zero-order chi connectivity index (χ0) is 30.5. The van der Waals surface area contributed by atoms with E-state index in [2.05, 4.69) is 33.6 Å². The van der Waals surface area contributed by atoms with Gasteiger partial charge in [0.2, 0.25) is 0 Å². The van der Waals surface area contributed by atoms with Gasteiger partial charge in [0.25, 0.3) is 5.91 Å². The maximum Gasteiger partial charge on any atom is 0.251 e. The van der Waals surface area contributed by atoms with Crippen LogP contribution in [0.5, 0.6) is 0 Å². The number of rotatable bonds is 7. The Hall–Kier alpha value is -4.11. The van der Waals surface area contributed by atoms with Crippen LogP contribution in [0.25, 0.3) is 5.57 Å². The van der Waals surface area contributed by atoms with E-state index in [4.69, 9.17) is 21.6 Å². The highest BCUT2D eigenvalue weighted by atomic mass is 35.5. The zero-order valence-electron chi connectivity index (χ0n) is 24.8. The van der Waals surface area contributed by atoms with Crippen molar-refractivity contribution in [1.29, 1.82) is 0 Å². The van der Waals surface area contributed by atoms with Crippen LogP contribution in [0, 0.1) is 5.82 Å². The van der Waals surface area contributed by atoms with Crippen molar-refractivity contribution in [3.63, 3.8) is 0 Å². The van der Waals surface area contributed by atoms with Crippen LogP contribution in [0.15, 0.2) is 94.2 Å². The number of likely N-dealkylation sites (N-methyl/N-ethyl adjacent to an activating group) is 1. The molecular formula is C35H36ClFN6O. The number of fused-ring (bicyclic) bond motifs is 2. The molecule has 9 heteroatoms. The van der Waals surface area contributed by atoms with Crippen LogP contribution in [-0.4, -0.2) is 80.5 Å². The van der Waals surface area contributed by atoms with Crippen LogP contribution in [-0.2, 0) is 0 Å². The average molecular weight is 611 g/mol. The summed E-state index contributed by atoms with van der Waals surface area (Å²) in [6.45, 7) is 6.07. The number of carbonyl (C=O) groups excluding carboxylic acids is 1. The quantitative estimate of drug-likeness (QED) is 0.351. The summed E-state index contributed by atoms with van der Waals surface area (Å²) in [5.74, 6) is 0.334. The molecule has 0 aromatic heterocycles. The summed E-state index contributed by atoms with van der Waals surface area (Å²) < 4.78 is 14.9. The van der Waals surface area contributed by atoms with Crippen molar-refractivity contribution in [2.75, 3.05) is 58.2 Å². The first-order valence-electron chi connectivity index (χ1n) is 15.1. The topological polar surface area (TPSA) is 72.3 Å². The number of aliphatic imine (C=N–C) groups is 2. The van der Waals surface area contributed by atoms with Crippen LogP contribution < -0.4 is 10.6 Å². The number of benzene rings is 3. The van der Waals surface area contributed by atoms with Crippen LogP contribution in [0.2, 0.25) is 5.02 Å². The Morgan fingerprint density at radius 2 is 1.77 bits per heavy atom. The Kier molecular flexibility index (Phi) is 9.31. The lowest BCUT2D eigenvalue weighted by Gasteiger charge is -2.32. The van der Waals surface area contributed by atoms with Gasteiger partial charge in [-0.3, -0.25) is 14.7 Å². The summed E-state index contributed by atoms with van der Waals surface area (Å²) in [7, 11) is 2.14. The number of hydrogen-bond donors (Lipinski definition) is 2. The summed E-state index contributed by atoms with van der Waals surface area (Å²) >= 11 is 6.40. The van der Waals surface area contributed by atoms with Crippen LogP contribution in [0.1, 0.15) is 39.9 Å². The highest BCUT2D eigenvalue weighted by Gasteiger charge is 2.23. The van der Waals surface area contributed by atoms with Crippen LogP contribution >= 0.6 is 11.6 Å². The lowest BCUT2D eigenvalue weighted by atomic mass is 9.89. The second-order valence-electron chi connectivity index (χ2n) is 11.3. The molecule has 0 spiro atoms. The number of carbonyl (C=O) groups is 1. The number of hydrogen-bond acceptors (Lipinski definition) is 6. The lowest BCUT2D eigenvalue weighted by Crippen LogP contribution is -2.46. The number of halogens is 2. The fourth-order valence-corrected chi connectivity index (χ4v) is 5.95. The Bertz CT molecular complexity index is 1650. The van der Waals surface area contributed by atoms with E-state index in [1.807, 2.05) is 54.7 Å². The second-order valence-corrected chi connectivity index (χ2v) is 11.8. The third-order valence-electron chi connectivity index (χ3n) is 8.31. The van der Waals surface area contributed by atoms with E-state index < -0.39 is 0 Å². The molecule has 3 aliphatic rings.